The predicted molar refractivity (Wildman–Crippen MR) is 47.3 cm³/mol. The van der Waals surface area contributed by atoms with Gasteiger partial charge in [0.05, 0.1) is 0 Å². The first-order chi connectivity index (χ1) is 6.16. The van der Waals surface area contributed by atoms with E-state index in [9.17, 15) is 9.18 Å². The summed E-state index contributed by atoms with van der Waals surface area (Å²) in [6, 6.07) is 4.24. The van der Waals surface area contributed by atoms with Crippen molar-refractivity contribution >= 4 is 22.6 Å². The van der Waals surface area contributed by atoms with Gasteiger partial charge in [-0.15, -0.1) is 0 Å². The molecule has 2 aromatic heterocycles. The lowest BCUT2D eigenvalue weighted by Gasteiger charge is -1.96. The molecule has 66 valence electrons. The number of pyridine rings is 2. The van der Waals surface area contributed by atoms with Crippen molar-refractivity contribution < 1.29 is 4.39 Å². The van der Waals surface area contributed by atoms with E-state index in [0.717, 1.165) is 6.07 Å². The normalized spacial score (nSPS) is 10.6. The Hall–Kier alpha value is -1.42. The molecular weight excluding hydrogens is 195 g/mol. The lowest BCUT2D eigenvalue weighted by atomic mass is 10.3. The van der Waals surface area contributed by atoms with Gasteiger partial charge < -0.3 is 4.98 Å². The topological polar surface area (TPSA) is 45.8 Å². The summed E-state index contributed by atoms with van der Waals surface area (Å²) >= 11 is 5.58. The minimum absolute atomic E-state index is 0.259. The van der Waals surface area contributed by atoms with E-state index in [1.54, 1.807) is 6.07 Å². The molecule has 3 nitrogen and oxygen atoms in total. The molecule has 13 heavy (non-hydrogen) atoms. The molecule has 0 atom stereocenters. The number of aromatic amines is 1. The van der Waals surface area contributed by atoms with Crippen molar-refractivity contribution in [2.75, 3.05) is 0 Å². The van der Waals surface area contributed by atoms with Crippen molar-refractivity contribution in [2.45, 2.75) is 0 Å². The van der Waals surface area contributed by atoms with Gasteiger partial charge in [-0.05, 0) is 18.2 Å². The first-order valence-electron chi connectivity index (χ1n) is 3.52. The molecule has 0 aliphatic rings. The van der Waals surface area contributed by atoms with Crippen LogP contribution in [0.2, 0.25) is 5.15 Å². The van der Waals surface area contributed by atoms with Crippen LogP contribution in [0.1, 0.15) is 0 Å². The van der Waals surface area contributed by atoms with Crippen molar-refractivity contribution in [3.8, 4) is 0 Å². The number of nitrogens with one attached hydrogen (secondary N) is 1. The Balaban J connectivity index is 2.89. The van der Waals surface area contributed by atoms with E-state index in [1.165, 1.54) is 6.07 Å². The van der Waals surface area contributed by atoms with Crippen LogP contribution in [0.5, 0.6) is 0 Å². The highest BCUT2D eigenvalue weighted by Crippen LogP contribution is 2.11. The van der Waals surface area contributed by atoms with Gasteiger partial charge in [0.2, 0.25) is 0 Å². The summed E-state index contributed by atoms with van der Waals surface area (Å²) in [5.74, 6) is -0.823. The molecular formula is C8H4ClFN2O. The van der Waals surface area contributed by atoms with E-state index in [1.807, 2.05) is 0 Å². The van der Waals surface area contributed by atoms with Crippen LogP contribution in [0.15, 0.2) is 23.0 Å². The van der Waals surface area contributed by atoms with Gasteiger partial charge in [0, 0.05) is 5.39 Å². The van der Waals surface area contributed by atoms with Crippen LogP contribution in [0.25, 0.3) is 11.0 Å². The second-order valence-corrected chi connectivity index (χ2v) is 2.91. The van der Waals surface area contributed by atoms with Crippen molar-refractivity contribution in [2.24, 2.45) is 0 Å². The maximum Gasteiger partial charge on any atom is 0.285 e. The van der Waals surface area contributed by atoms with Crippen LogP contribution >= 0.6 is 11.6 Å². The van der Waals surface area contributed by atoms with Gasteiger partial charge in [-0.2, -0.15) is 0 Å². The molecule has 0 saturated heterocycles. The maximum atomic E-state index is 12.7. The molecule has 0 aromatic carbocycles. The van der Waals surface area contributed by atoms with E-state index >= 15 is 0 Å². The number of hydrogen-bond donors (Lipinski definition) is 1. The Morgan fingerprint density at radius 2 is 2.23 bits per heavy atom. The van der Waals surface area contributed by atoms with Gasteiger partial charge in [-0.25, -0.2) is 9.37 Å². The van der Waals surface area contributed by atoms with Crippen molar-refractivity contribution in [1.82, 2.24) is 9.97 Å². The Morgan fingerprint density at radius 1 is 1.46 bits per heavy atom. The average Bonchev–Trinajstić information content (AvgIpc) is 2.08. The van der Waals surface area contributed by atoms with Gasteiger partial charge >= 0.3 is 0 Å². The largest absolute Gasteiger partial charge is 0.304 e. The number of H-pyrrole nitrogens is 1. The van der Waals surface area contributed by atoms with Crippen LogP contribution in [0.3, 0.4) is 0 Å². The van der Waals surface area contributed by atoms with Gasteiger partial charge in [0.25, 0.3) is 5.56 Å². The molecule has 5 heteroatoms. The Labute approximate surface area is 77.2 Å². The highest BCUT2D eigenvalue weighted by Gasteiger charge is 2.02. The zero-order valence-corrected chi connectivity index (χ0v) is 7.10. The van der Waals surface area contributed by atoms with Crippen LogP contribution in [0.4, 0.5) is 4.39 Å². The molecule has 0 aliphatic heterocycles. The summed E-state index contributed by atoms with van der Waals surface area (Å²) in [6.45, 7) is 0. The van der Waals surface area contributed by atoms with Gasteiger partial charge in [0.1, 0.15) is 10.8 Å². The smallest absolute Gasteiger partial charge is 0.285 e. The van der Waals surface area contributed by atoms with E-state index in [4.69, 9.17) is 11.6 Å². The highest BCUT2D eigenvalue weighted by molar-refractivity contribution is 6.29. The molecule has 0 saturated carbocycles. The third-order valence-corrected chi connectivity index (χ3v) is 1.83. The molecule has 0 aliphatic carbocycles. The standard InChI is InChI=1S/C8H4ClFN2O/c9-6-2-1-4-3-5(10)8(13)12-7(4)11-6/h1-3H,(H,11,12,13). The number of hydrogen-bond acceptors (Lipinski definition) is 2. The Morgan fingerprint density at radius 3 is 3.00 bits per heavy atom. The summed E-state index contributed by atoms with van der Waals surface area (Å²) in [5.41, 5.74) is -0.499. The van der Waals surface area contributed by atoms with Gasteiger partial charge in [0.15, 0.2) is 5.82 Å². The first kappa shape index (κ1) is 8.19. The Kier molecular flexibility index (Phi) is 1.77. The molecule has 0 unspecified atom stereocenters. The van der Waals surface area contributed by atoms with Crippen molar-refractivity contribution in [1.29, 1.82) is 0 Å². The van der Waals surface area contributed by atoms with Crippen LogP contribution in [0, 0.1) is 5.82 Å². The minimum Gasteiger partial charge on any atom is -0.304 e. The average molecular weight is 199 g/mol. The fourth-order valence-corrected chi connectivity index (χ4v) is 1.18. The first-order valence-corrected chi connectivity index (χ1v) is 3.90. The molecule has 0 fully saturated rings. The summed E-state index contributed by atoms with van der Waals surface area (Å²) in [6.07, 6.45) is 0. The second kappa shape index (κ2) is 2.81. The molecule has 2 heterocycles. The summed E-state index contributed by atoms with van der Waals surface area (Å²) in [5, 5.41) is 0.774. The number of rotatable bonds is 0. The lowest BCUT2D eigenvalue weighted by Crippen LogP contribution is -2.10. The maximum absolute atomic E-state index is 12.7. The third kappa shape index (κ3) is 1.40. The van der Waals surface area contributed by atoms with Crippen molar-refractivity contribution in [3.05, 3.63) is 39.5 Å². The summed E-state index contributed by atoms with van der Waals surface area (Å²) < 4.78 is 12.7. The third-order valence-electron chi connectivity index (χ3n) is 1.62. The van der Waals surface area contributed by atoms with E-state index in [2.05, 4.69) is 9.97 Å². The summed E-state index contributed by atoms with van der Waals surface area (Å²) in [4.78, 5) is 16.9. The predicted octanol–water partition coefficient (Wildman–Crippen LogP) is 1.72. The number of fused-ring (bicyclic) bond motifs is 1. The summed E-state index contributed by atoms with van der Waals surface area (Å²) in [7, 11) is 0. The van der Waals surface area contributed by atoms with Crippen molar-refractivity contribution in [3.63, 3.8) is 0 Å². The SMILES string of the molecule is O=c1[nH]c2nc(Cl)ccc2cc1F. The minimum atomic E-state index is -0.823. The van der Waals surface area contributed by atoms with E-state index in [-0.39, 0.29) is 5.15 Å². The number of aromatic nitrogens is 2. The lowest BCUT2D eigenvalue weighted by molar-refractivity contribution is 0.611. The fraction of sp³-hybridized carbons (Fsp3) is 0. The fourth-order valence-electron chi connectivity index (χ4n) is 1.03. The molecule has 0 amide bonds. The zero-order chi connectivity index (χ0) is 9.42. The molecule has 0 radical (unpaired) electrons. The van der Waals surface area contributed by atoms with Crippen LogP contribution in [-0.2, 0) is 0 Å². The quantitative estimate of drug-likeness (QED) is 0.655. The van der Waals surface area contributed by atoms with E-state index in [0.29, 0.717) is 11.0 Å². The van der Waals surface area contributed by atoms with Crippen LogP contribution < -0.4 is 5.56 Å². The monoisotopic (exact) mass is 198 g/mol. The van der Waals surface area contributed by atoms with Gasteiger partial charge in [-0.3, -0.25) is 4.79 Å². The van der Waals surface area contributed by atoms with Gasteiger partial charge in [-0.1, -0.05) is 11.6 Å². The number of nitrogens with zero attached hydrogens (tertiary/aromatic N) is 1. The molecule has 0 bridgehead atoms. The molecule has 2 aromatic rings. The molecule has 2 rings (SSSR count). The highest BCUT2D eigenvalue weighted by atomic mass is 35.5. The number of halogens is 2. The second-order valence-electron chi connectivity index (χ2n) is 2.52. The zero-order valence-electron chi connectivity index (χ0n) is 6.34. The van der Waals surface area contributed by atoms with E-state index < -0.39 is 11.4 Å². The molecule has 1 N–H and O–H groups in total. The molecule has 0 spiro atoms. The van der Waals surface area contributed by atoms with Crippen LogP contribution in [-0.4, -0.2) is 9.97 Å². The Bertz CT molecular complexity index is 523.